The molecule has 0 aliphatic carbocycles. The molecule has 1 aromatic rings. The van der Waals surface area contributed by atoms with Gasteiger partial charge < -0.3 is 15.0 Å². The van der Waals surface area contributed by atoms with Crippen LogP contribution in [0.25, 0.3) is 0 Å². The van der Waals surface area contributed by atoms with Gasteiger partial charge in [0.15, 0.2) is 0 Å². The smallest absolute Gasteiger partial charge is 0.343 e. The van der Waals surface area contributed by atoms with E-state index in [9.17, 15) is 4.79 Å². The molecular weight excluding hydrogens is 244 g/mol. The van der Waals surface area contributed by atoms with Crippen molar-refractivity contribution in [1.29, 1.82) is 0 Å². The predicted octanol–water partition coefficient (Wildman–Crippen LogP) is 1.16. The Morgan fingerprint density at radius 1 is 1.53 bits per heavy atom. The summed E-state index contributed by atoms with van der Waals surface area (Å²) < 4.78 is 4.72. The summed E-state index contributed by atoms with van der Waals surface area (Å²) in [5, 5.41) is 3.26. The molecule has 1 aliphatic rings. The van der Waals surface area contributed by atoms with Crippen LogP contribution in [-0.4, -0.2) is 53.6 Å². The summed E-state index contributed by atoms with van der Waals surface area (Å²) in [5.74, 6) is 0.116. The van der Waals surface area contributed by atoms with Gasteiger partial charge in [-0.2, -0.15) is 0 Å². The van der Waals surface area contributed by atoms with Crippen molar-refractivity contribution in [2.75, 3.05) is 32.1 Å². The first-order chi connectivity index (χ1) is 9.20. The molecule has 1 atom stereocenters. The predicted molar refractivity (Wildman–Crippen MR) is 72.1 cm³/mol. The zero-order valence-electron chi connectivity index (χ0n) is 11.4. The number of likely N-dealkylation sites (tertiary alicyclic amines) is 1. The molecule has 2 heterocycles. The summed E-state index contributed by atoms with van der Waals surface area (Å²) in [6, 6.07) is 0.219. The second-order valence-electron chi connectivity index (χ2n) is 4.83. The Hall–Kier alpha value is -1.69. The summed E-state index contributed by atoms with van der Waals surface area (Å²) in [5.41, 5.74) is 0.373. The number of hydrogen-bond acceptors (Lipinski definition) is 6. The highest BCUT2D eigenvalue weighted by Crippen LogP contribution is 2.14. The number of methoxy groups -OCH3 is 1. The van der Waals surface area contributed by atoms with Crippen LogP contribution in [0.1, 0.15) is 30.1 Å². The van der Waals surface area contributed by atoms with Crippen molar-refractivity contribution in [2.24, 2.45) is 0 Å². The van der Waals surface area contributed by atoms with Gasteiger partial charge in [-0.3, -0.25) is 0 Å². The summed E-state index contributed by atoms with van der Waals surface area (Å²) in [7, 11) is 1.35. The number of nitrogens with one attached hydrogen (secondary N) is 1. The molecule has 0 spiro atoms. The van der Waals surface area contributed by atoms with Crippen molar-refractivity contribution in [3.8, 4) is 0 Å². The summed E-state index contributed by atoms with van der Waals surface area (Å²) in [6.07, 6.45) is 5.45. The molecule has 1 aromatic heterocycles. The van der Waals surface area contributed by atoms with Crippen LogP contribution in [0.4, 0.5) is 5.82 Å². The molecule has 6 heteroatoms. The van der Waals surface area contributed by atoms with Crippen LogP contribution in [-0.2, 0) is 4.74 Å². The topological polar surface area (TPSA) is 67.3 Å². The van der Waals surface area contributed by atoms with Crippen molar-refractivity contribution in [3.63, 3.8) is 0 Å². The lowest BCUT2D eigenvalue weighted by Gasteiger charge is -2.22. The van der Waals surface area contributed by atoms with Crippen molar-refractivity contribution in [1.82, 2.24) is 14.9 Å². The molecule has 1 unspecified atom stereocenters. The molecule has 1 aliphatic heterocycles. The van der Waals surface area contributed by atoms with E-state index < -0.39 is 5.97 Å². The van der Waals surface area contributed by atoms with E-state index in [4.69, 9.17) is 4.74 Å². The lowest BCUT2D eigenvalue weighted by atomic mass is 10.2. The number of aromatic nitrogens is 2. The minimum Gasteiger partial charge on any atom is -0.465 e. The number of ether oxygens (including phenoxy) is 1. The maximum absolute atomic E-state index is 11.6. The largest absolute Gasteiger partial charge is 0.465 e. The minimum atomic E-state index is -0.420. The molecular formula is C13H20N4O2. The Morgan fingerprint density at radius 3 is 2.95 bits per heavy atom. The SMILES string of the molecule is COC(=O)c1cncnc1NC(C)CN1CCCC1. The van der Waals surface area contributed by atoms with Crippen molar-refractivity contribution < 1.29 is 9.53 Å². The fraction of sp³-hybridized carbons (Fsp3) is 0.615. The molecule has 6 nitrogen and oxygen atoms in total. The second kappa shape index (κ2) is 6.47. The lowest BCUT2D eigenvalue weighted by Crippen LogP contribution is -2.33. The molecule has 0 amide bonds. The summed E-state index contributed by atoms with van der Waals surface area (Å²) >= 11 is 0. The second-order valence-corrected chi connectivity index (χ2v) is 4.83. The lowest BCUT2D eigenvalue weighted by molar-refractivity contribution is 0.0601. The van der Waals surface area contributed by atoms with Gasteiger partial charge in [-0.05, 0) is 32.9 Å². The molecule has 0 radical (unpaired) electrons. The summed E-state index contributed by atoms with van der Waals surface area (Å²) in [4.78, 5) is 22.0. The van der Waals surface area contributed by atoms with Crippen LogP contribution >= 0.6 is 0 Å². The quantitative estimate of drug-likeness (QED) is 0.805. The standard InChI is InChI=1S/C13H20N4O2/c1-10(8-17-5-3-4-6-17)16-12-11(13(18)19-2)7-14-9-15-12/h7,9-10H,3-6,8H2,1-2H3,(H,14,15,16). The van der Waals surface area contributed by atoms with Crippen LogP contribution in [0, 0.1) is 0 Å². The molecule has 1 N–H and O–H groups in total. The van der Waals surface area contributed by atoms with Crippen LogP contribution < -0.4 is 5.32 Å². The van der Waals surface area contributed by atoms with Gasteiger partial charge in [0.1, 0.15) is 17.7 Å². The maximum atomic E-state index is 11.6. The fourth-order valence-electron chi connectivity index (χ4n) is 2.34. The van der Waals surface area contributed by atoms with E-state index in [1.165, 1.54) is 32.5 Å². The van der Waals surface area contributed by atoms with E-state index in [0.29, 0.717) is 11.4 Å². The van der Waals surface area contributed by atoms with Crippen LogP contribution in [0.3, 0.4) is 0 Å². The zero-order valence-corrected chi connectivity index (χ0v) is 11.4. The van der Waals surface area contributed by atoms with E-state index in [2.05, 4.69) is 27.1 Å². The Bertz CT molecular complexity index is 432. The number of carbonyl (C=O) groups excluding carboxylic acids is 1. The van der Waals surface area contributed by atoms with Crippen molar-refractivity contribution in [3.05, 3.63) is 18.1 Å². The zero-order chi connectivity index (χ0) is 13.7. The fourth-order valence-corrected chi connectivity index (χ4v) is 2.34. The Balaban J connectivity index is 1.99. The van der Waals surface area contributed by atoms with E-state index in [1.54, 1.807) is 0 Å². The summed E-state index contributed by atoms with van der Waals surface area (Å²) in [6.45, 7) is 5.34. The number of esters is 1. The number of anilines is 1. The van der Waals surface area contributed by atoms with Gasteiger partial charge in [0.25, 0.3) is 0 Å². The molecule has 0 saturated carbocycles. The van der Waals surface area contributed by atoms with Crippen molar-refractivity contribution >= 4 is 11.8 Å². The highest BCUT2D eigenvalue weighted by molar-refractivity contribution is 5.94. The number of rotatable bonds is 5. The monoisotopic (exact) mass is 264 g/mol. The highest BCUT2D eigenvalue weighted by Gasteiger charge is 2.18. The number of carbonyl (C=O) groups is 1. The molecule has 1 fully saturated rings. The maximum Gasteiger partial charge on any atom is 0.343 e. The Morgan fingerprint density at radius 2 is 2.26 bits per heavy atom. The van der Waals surface area contributed by atoms with Gasteiger partial charge in [-0.25, -0.2) is 14.8 Å². The molecule has 0 aromatic carbocycles. The van der Waals surface area contributed by atoms with E-state index in [-0.39, 0.29) is 6.04 Å². The molecule has 2 rings (SSSR count). The van der Waals surface area contributed by atoms with Crippen LogP contribution in [0.5, 0.6) is 0 Å². The molecule has 104 valence electrons. The minimum absolute atomic E-state index is 0.219. The Labute approximate surface area is 113 Å². The van der Waals surface area contributed by atoms with E-state index >= 15 is 0 Å². The third-order valence-electron chi connectivity index (χ3n) is 3.23. The number of nitrogens with zero attached hydrogens (tertiary/aromatic N) is 3. The van der Waals surface area contributed by atoms with Crippen LogP contribution in [0.2, 0.25) is 0 Å². The number of hydrogen-bond donors (Lipinski definition) is 1. The first kappa shape index (κ1) is 13.7. The first-order valence-corrected chi connectivity index (χ1v) is 6.58. The Kier molecular flexibility index (Phi) is 4.68. The highest BCUT2D eigenvalue weighted by atomic mass is 16.5. The van der Waals surface area contributed by atoms with Gasteiger partial charge in [-0.1, -0.05) is 0 Å². The van der Waals surface area contributed by atoms with E-state index in [1.807, 2.05) is 0 Å². The van der Waals surface area contributed by atoms with Crippen molar-refractivity contribution in [2.45, 2.75) is 25.8 Å². The van der Waals surface area contributed by atoms with Gasteiger partial charge in [0, 0.05) is 18.8 Å². The average Bonchev–Trinajstić information content (AvgIpc) is 2.91. The average molecular weight is 264 g/mol. The van der Waals surface area contributed by atoms with Gasteiger partial charge in [0.05, 0.1) is 7.11 Å². The van der Waals surface area contributed by atoms with Gasteiger partial charge >= 0.3 is 5.97 Å². The third-order valence-corrected chi connectivity index (χ3v) is 3.23. The first-order valence-electron chi connectivity index (χ1n) is 6.58. The normalized spacial score (nSPS) is 17.2. The van der Waals surface area contributed by atoms with Gasteiger partial charge in [0.2, 0.25) is 0 Å². The van der Waals surface area contributed by atoms with E-state index in [0.717, 1.165) is 19.6 Å². The molecule has 0 bridgehead atoms. The molecule has 1 saturated heterocycles. The van der Waals surface area contributed by atoms with Crippen LogP contribution in [0.15, 0.2) is 12.5 Å². The molecule has 19 heavy (non-hydrogen) atoms. The van der Waals surface area contributed by atoms with Gasteiger partial charge in [-0.15, -0.1) is 0 Å². The third kappa shape index (κ3) is 3.64.